The summed E-state index contributed by atoms with van der Waals surface area (Å²) < 4.78 is 5.28. The van der Waals surface area contributed by atoms with Crippen LogP contribution >= 0.6 is 0 Å². The van der Waals surface area contributed by atoms with Gasteiger partial charge in [-0.3, -0.25) is 15.0 Å². The van der Waals surface area contributed by atoms with Gasteiger partial charge >= 0.3 is 0 Å². The first kappa shape index (κ1) is 14.6. The highest BCUT2D eigenvalue weighted by Gasteiger charge is 2.21. The molecule has 1 aromatic carbocycles. The van der Waals surface area contributed by atoms with Crippen LogP contribution in [0.1, 0.15) is 12.8 Å². The smallest absolute Gasteiger partial charge is 0.270 e. The van der Waals surface area contributed by atoms with Gasteiger partial charge in [0.05, 0.1) is 11.5 Å². The zero-order valence-corrected chi connectivity index (χ0v) is 12.2. The van der Waals surface area contributed by atoms with Crippen molar-refractivity contribution in [1.82, 2.24) is 20.4 Å². The van der Waals surface area contributed by atoms with Gasteiger partial charge in [-0.2, -0.15) is 4.98 Å². The maximum Gasteiger partial charge on any atom is 0.270 e. The van der Waals surface area contributed by atoms with Crippen molar-refractivity contribution in [2.45, 2.75) is 19.5 Å². The Kier molecular flexibility index (Phi) is 4.12. The lowest BCUT2D eigenvalue weighted by molar-refractivity contribution is -0.384. The first-order valence-electron chi connectivity index (χ1n) is 7.15. The topological polar surface area (TPSA) is 97.3 Å². The van der Waals surface area contributed by atoms with Crippen LogP contribution in [0.15, 0.2) is 28.8 Å². The summed E-state index contributed by atoms with van der Waals surface area (Å²) in [5.41, 5.74) is 0.595. The van der Waals surface area contributed by atoms with Gasteiger partial charge < -0.3 is 9.84 Å². The number of nitro benzene ring substituents is 1. The molecule has 1 saturated heterocycles. The quantitative estimate of drug-likeness (QED) is 0.674. The van der Waals surface area contributed by atoms with Crippen LogP contribution in [0.25, 0.3) is 11.4 Å². The Balaban J connectivity index is 1.76. The maximum absolute atomic E-state index is 10.8. The summed E-state index contributed by atoms with van der Waals surface area (Å²) >= 11 is 0. The summed E-state index contributed by atoms with van der Waals surface area (Å²) in [6.07, 6.45) is 0. The maximum atomic E-state index is 10.8. The number of nitro groups is 1. The van der Waals surface area contributed by atoms with E-state index in [1.165, 1.54) is 12.1 Å². The highest BCUT2D eigenvalue weighted by Crippen LogP contribution is 2.21. The number of non-ortho nitro benzene ring substituents is 1. The highest BCUT2D eigenvalue weighted by molar-refractivity contribution is 5.58. The molecule has 0 radical (unpaired) electrons. The molecular formula is C14H17N5O3. The molecule has 0 bridgehead atoms. The Morgan fingerprint density at radius 3 is 3.18 bits per heavy atom. The fraction of sp³-hybridized carbons (Fsp3) is 0.429. The molecule has 8 nitrogen and oxygen atoms in total. The van der Waals surface area contributed by atoms with Crippen LogP contribution in [0, 0.1) is 10.1 Å². The van der Waals surface area contributed by atoms with Crippen LogP contribution in [0.4, 0.5) is 5.69 Å². The van der Waals surface area contributed by atoms with E-state index in [0.717, 1.165) is 19.6 Å². The third kappa shape index (κ3) is 3.12. The summed E-state index contributed by atoms with van der Waals surface area (Å²) in [5, 5.41) is 18.1. The van der Waals surface area contributed by atoms with Crippen molar-refractivity contribution < 1.29 is 9.45 Å². The molecule has 0 unspecified atom stereocenters. The van der Waals surface area contributed by atoms with Crippen LogP contribution in [0.5, 0.6) is 0 Å². The minimum absolute atomic E-state index is 0.0135. The lowest BCUT2D eigenvalue weighted by Crippen LogP contribution is -2.49. The van der Waals surface area contributed by atoms with Crippen LogP contribution in [-0.2, 0) is 6.54 Å². The van der Waals surface area contributed by atoms with E-state index in [2.05, 4.69) is 27.3 Å². The van der Waals surface area contributed by atoms with Crippen molar-refractivity contribution in [2.24, 2.45) is 0 Å². The normalized spacial score (nSPS) is 19.2. The molecule has 0 aliphatic carbocycles. The zero-order valence-electron chi connectivity index (χ0n) is 12.2. The van der Waals surface area contributed by atoms with Crippen molar-refractivity contribution in [3.05, 3.63) is 40.3 Å². The number of nitrogens with zero attached hydrogens (tertiary/aromatic N) is 4. The fourth-order valence-electron chi connectivity index (χ4n) is 2.49. The summed E-state index contributed by atoms with van der Waals surface area (Å²) in [5.74, 6) is 0.900. The molecule has 2 aromatic rings. The Morgan fingerprint density at radius 1 is 1.55 bits per heavy atom. The molecule has 0 amide bonds. The summed E-state index contributed by atoms with van der Waals surface area (Å²) in [4.78, 5) is 17.0. The lowest BCUT2D eigenvalue weighted by atomic mass is 10.2. The Labute approximate surface area is 127 Å². The summed E-state index contributed by atoms with van der Waals surface area (Å²) in [6, 6.07) is 6.63. The van der Waals surface area contributed by atoms with Gasteiger partial charge in [-0.25, -0.2) is 0 Å². The average Bonchev–Trinajstić information content (AvgIpc) is 2.98. The molecule has 0 saturated carbocycles. The third-order valence-corrected chi connectivity index (χ3v) is 3.76. The van der Waals surface area contributed by atoms with Gasteiger partial charge in [-0.05, 0) is 6.92 Å². The minimum atomic E-state index is -0.438. The molecule has 8 heteroatoms. The molecule has 3 rings (SSSR count). The first-order valence-corrected chi connectivity index (χ1v) is 7.15. The van der Waals surface area contributed by atoms with E-state index >= 15 is 0 Å². The SMILES string of the molecule is C[C@H]1CNCCN1Cc1nc(-c2cccc([N+](=O)[O-])c2)no1. The molecule has 1 aromatic heterocycles. The van der Waals surface area contributed by atoms with E-state index in [1.54, 1.807) is 12.1 Å². The Hall–Kier alpha value is -2.32. The van der Waals surface area contributed by atoms with E-state index in [-0.39, 0.29) is 5.69 Å². The molecule has 1 aliphatic rings. The van der Waals surface area contributed by atoms with Crippen molar-refractivity contribution in [3.8, 4) is 11.4 Å². The molecule has 1 N–H and O–H groups in total. The second-order valence-corrected chi connectivity index (χ2v) is 5.34. The molecule has 22 heavy (non-hydrogen) atoms. The number of nitrogens with one attached hydrogen (secondary N) is 1. The zero-order chi connectivity index (χ0) is 15.5. The summed E-state index contributed by atoms with van der Waals surface area (Å²) in [6.45, 7) is 5.53. The monoisotopic (exact) mass is 303 g/mol. The molecule has 2 heterocycles. The third-order valence-electron chi connectivity index (χ3n) is 3.76. The first-order chi connectivity index (χ1) is 10.6. The molecule has 1 fully saturated rings. The van der Waals surface area contributed by atoms with Gasteiger partial charge in [-0.15, -0.1) is 0 Å². The van der Waals surface area contributed by atoms with Gasteiger partial charge in [0.15, 0.2) is 0 Å². The van der Waals surface area contributed by atoms with Gasteiger partial charge in [0.2, 0.25) is 11.7 Å². The highest BCUT2D eigenvalue weighted by atomic mass is 16.6. The van der Waals surface area contributed by atoms with Gasteiger partial charge in [-0.1, -0.05) is 17.3 Å². The molecule has 0 spiro atoms. The predicted octanol–water partition coefficient (Wildman–Crippen LogP) is 1.44. The second kappa shape index (κ2) is 6.20. The number of rotatable bonds is 4. The Morgan fingerprint density at radius 2 is 2.41 bits per heavy atom. The largest absolute Gasteiger partial charge is 0.338 e. The fourth-order valence-corrected chi connectivity index (χ4v) is 2.49. The van der Waals surface area contributed by atoms with Crippen molar-refractivity contribution in [2.75, 3.05) is 19.6 Å². The van der Waals surface area contributed by atoms with Crippen LogP contribution in [0.2, 0.25) is 0 Å². The van der Waals surface area contributed by atoms with Crippen molar-refractivity contribution in [1.29, 1.82) is 0 Å². The molecule has 1 atom stereocenters. The summed E-state index contributed by atoms with van der Waals surface area (Å²) in [7, 11) is 0. The number of piperazine rings is 1. The molecule has 116 valence electrons. The number of hydrogen-bond donors (Lipinski definition) is 1. The van der Waals surface area contributed by atoms with E-state index in [0.29, 0.717) is 29.9 Å². The van der Waals surface area contributed by atoms with Crippen LogP contribution < -0.4 is 5.32 Å². The van der Waals surface area contributed by atoms with Crippen LogP contribution in [-0.4, -0.2) is 45.6 Å². The van der Waals surface area contributed by atoms with Crippen molar-refractivity contribution in [3.63, 3.8) is 0 Å². The Bertz CT molecular complexity index is 672. The minimum Gasteiger partial charge on any atom is -0.338 e. The molecule has 1 aliphatic heterocycles. The number of benzene rings is 1. The number of hydrogen-bond acceptors (Lipinski definition) is 7. The van der Waals surface area contributed by atoms with Gasteiger partial charge in [0.25, 0.3) is 5.69 Å². The standard InChI is InChI=1S/C14H17N5O3/c1-10-8-15-5-6-18(10)9-13-16-14(17-22-13)11-3-2-4-12(7-11)19(20)21/h2-4,7,10,15H,5-6,8-9H2,1H3/t10-/m0/s1. The van der Waals surface area contributed by atoms with E-state index in [9.17, 15) is 10.1 Å². The predicted molar refractivity (Wildman–Crippen MR) is 79.1 cm³/mol. The molecular weight excluding hydrogens is 286 g/mol. The van der Waals surface area contributed by atoms with E-state index < -0.39 is 4.92 Å². The van der Waals surface area contributed by atoms with Crippen molar-refractivity contribution >= 4 is 5.69 Å². The number of aromatic nitrogens is 2. The van der Waals surface area contributed by atoms with E-state index in [4.69, 9.17) is 4.52 Å². The average molecular weight is 303 g/mol. The van der Waals surface area contributed by atoms with Gasteiger partial charge in [0.1, 0.15) is 0 Å². The van der Waals surface area contributed by atoms with E-state index in [1.807, 2.05) is 0 Å². The van der Waals surface area contributed by atoms with Crippen LogP contribution in [0.3, 0.4) is 0 Å². The van der Waals surface area contributed by atoms with Gasteiger partial charge in [0, 0.05) is 43.4 Å². The lowest BCUT2D eigenvalue weighted by Gasteiger charge is -2.32. The second-order valence-electron chi connectivity index (χ2n) is 5.34.